The highest BCUT2D eigenvalue weighted by Gasteiger charge is 2.17. The maximum absolute atomic E-state index is 9.04. The van der Waals surface area contributed by atoms with E-state index in [1.165, 1.54) is 0 Å². The Morgan fingerprint density at radius 2 is 2.08 bits per heavy atom. The molecule has 0 bridgehead atoms. The Morgan fingerprint density at radius 3 is 2.50 bits per heavy atom. The zero-order valence-corrected chi connectivity index (χ0v) is 8.00. The summed E-state index contributed by atoms with van der Waals surface area (Å²) in [7, 11) is 1.63. The normalized spacial score (nSPS) is 14.8. The molecule has 0 saturated carbocycles. The van der Waals surface area contributed by atoms with E-state index >= 15 is 0 Å². The molecule has 3 N–H and O–H groups in total. The van der Waals surface area contributed by atoms with Crippen LogP contribution in [0.15, 0.2) is 0 Å². The number of aliphatic hydroxyl groups is 2. The fourth-order valence-corrected chi connectivity index (χ4v) is 0.871. The first kappa shape index (κ1) is 11.8. The molecule has 0 amide bonds. The predicted octanol–water partition coefficient (Wildman–Crippen LogP) is -0.646. The van der Waals surface area contributed by atoms with Gasteiger partial charge in [-0.2, -0.15) is 0 Å². The summed E-state index contributed by atoms with van der Waals surface area (Å²) < 4.78 is 4.97. The highest BCUT2D eigenvalue weighted by molar-refractivity contribution is 4.77. The first-order chi connectivity index (χ1) is 5.52. The van der Waals surface area contributed by atoms with Gasteiger partial charge in [0, 0.05) is 19.2 Å². The van der Waals surface area contributed by atoms with Crippen molar-refractivity contribution in [3.8, 4) is 0 Å². The minimum Gasteiger partial charge on any atom is -0.394 e. The van der Waals surface area contributed by atoms with Crippen LogP contribution in [-0.4, -0.2) is 48.7 Å². The van der Waals surface area contributed by atoms with E-state index in [1.807, 2.05) is 13.8 Å². The van der Waals surface area contributed by atoms with Crippen molar-refractivity contribution in [3.05, 3.63) is 0 Å². The number of β-amino-alcohol motifs (C(OH)–C–C–N with tert-alkyl or cyclic N) is 1. The summed E-state index contributed by atoms with van der Waals surface area (Å²) in [6.07, 6.45) is -0.693. The van der Waals surface area contributed by atoms with E-state index in [0.29, 0.717) is 13.2 Å². The molecule has 0 aromatic heterocycles. The van der Waals surface area contributed by atoms with Crippen LogP contribution < -0.4 is 5.32 Å². The summed E-state index contributed by atoms with van der Waals surface area (Å²) in [6, 6.07) is 0. The summed E-state index contributed by atoms with van der Waals surface area (Å²) in [5.41, 5.74) is -0.162. The second-order valence-corrected chi connectivity index (χ2v) is 3.53. The van der Waals surface area contributed by atoms with Gasteiger partial charge in [-0.3, -0.25) is 0 Å². The van der Waals surface area contributed by atoms with Gasteiger partial charge < -0.3 is 20.3 Å². The Bertz CT molecular complexity index is 117. The molecule has 74 valence electrons. The van der Waals surface area contributed by atoms with Crippen LogP contribution in [0.2, 0.25) is 0 Å². The Balaban J connectivity index is 3.59. The average molecular weight is 177 g/mol. The zero-order chi connectivity index (χ0) is 9.61. The van der Waals surface area contributed by atoms with Crippen molar-refractivity contribution in [2.75, 3.05) is 26.9 Å². The SMILES string of the molecule is COCC(C)(C)NCC(O)CO. The average Bonchev–Trinajstić information content (AvgIpc) is 2.00. The highest BCUT2D eigenvalue weighted by atomic mass is 16.5. The van der Waals surface area contributed by atoms with Crippen LogP contribution >= 0.6 is 0 Å². The number of aliphatic hydroxyl groups excluding tert-OH is 2. The minimum atomic E-state index is -0.693. The molecule has 0 saturated heterocycles. The maximum atomic E-state index is 9.04. The third-order valence-electron chi connectivity index (χ3n) is 1.53. The number of methoxy groups -OCH3 is 1. The van der Waals surface area contributed by atoms with Crippen molar-refractivity contribution >= 4 is 0 Å². The van der Waals surface area contributed by atoms with Crippen molar-refractivity contribution in [2.45, 2.75) is 25.5 Å². The van der Waals surface area contributed by atoms with E-state index in [4.69, 9.17) is 14.9 Å². The Labute approximate surface area is 73.5 Å². The molecule has 1 atom stereocenters. The first-order valence-corrected chi connectivity index (χ1v) is 4.04. The van der Waals surface area contributed by atoms with Crippen LogP contribution in [0.1, 0.15) is 13.8 Å². The molecule has 0 fully saturated rings. The molecule has 0 radical (unpaired) electrons. The predicted molar refractivity (Wildman–Crippen MR) is 47.1 cm³/mol. The molecule has 0 spiro atoms. The highest BCUT2D eigenvalue weighted by Crippen LogP contribution is 2.01. The standard InChI is InChI=1S/C8H19NO3/c1-8(2,6-12-3)9-4-7(11)5-10/h7,9-11H,4-6H2,1-3H3. The van der Waals surface area contributed by atoms with Gasteiger partial charge in [0.05, 0.1) is 19.3 Å². The second kappa shape index (κ2) is 5.48. The van der Waals surface area contributed by atoms with Crippen molar-refractivity contribution < 1.29 is 14.9 Å². The molecule has 0 aliphatic rings. The summed E-state index contributed by atoms with van der Waals surface area (Å²) in [4.78, 5) is 0. The first-order valence-electron chi connectivity index (χ1n) is 4.04. The lowest BCUT2D eigenvalue weighted by atomic mass is 10.1. The van der Waals surface area contributed by atoms with Gasteiger partial charge in [0.25, 0.3) is 0 Å². The lowest BCUT2D eigenvalue weighted by Crippen LogP contribution is -2.47. The van der Waals surface area contributed by atoms with Gasteiger partial charge in [-0.05, 0) is 13.8 Å². The summed E-state index contributed by atoms with van der Waals surface area (Å²) in [6.45, 7) is 4.69. The van der Waals surface area contributed by atoms with Crippen LogP contribution in [0.4, 0.5) is 0 Å². The van der Waals surface area contributed by atoms with E-state index in [9.17, 15) is 0 Å². The molecule has 4 heteroatoms. The summed E-state index contributed by atoms with van der Waals surface area (Å²) >= 11 is 0. The maximum Gasteiger partial charge on any atom is 0.0895 e. The van der Waals surface area contributed by atoms with Crippen LogP contribution in [-0.2, 0) is 4.74 Å². The van der Waals surface area contributed by atoms with Crippen molar-refractivity contribution in [3.63, 3.8) is 0 Å². The third-order valence-corrected chi connectivity index (χ3v) is 1.53. The molecule has 0 aliphatic carbocycles. The van der Waals surface area contributed by atoms with Crippen molar-refractivity contribution in [2.24, 2.45) is 0 Å². The van der Waals surface area contributed by atoms with Crippen LogP contribution in [0.25, 0.3) is 0 Å². The van der Waals surface area contributed by atoms with Crippen molar-refractivity contribution in [1.29, 1.82) is 0 Å². The number of hydrogen-bond donors (Lipinski definition) is 3. The van der Waals surface area contributed by atoms with E-state index in [2.05, 4.69) is 5.32 Å². The molecule has 0 rings (SSSR count). The smallest absolute Gasteiger partial charge is 0.0895 e. The molecular formula is C8H19NO3. The Morgan fingerprint density at radius 1 is 1.50 bits per heavy atom. The fourth-order valence-electron chi connectivity index (χ4n) is 0.871. The monoisotopic (exact) mass is 177 g/mol. The molecule has 4 nitrogen and oxygen atoms in total. The Hall–Kier alpha value is -0.160. The molecular weight excluding hydrogens is 158 g/mol. The lowest BCUT2D eigenvalue weighted by molar-refractivity contribution is 0.0737. The quantitative estimate of drug-likeness (QED) is 0.505. The molecule has 0 aromatic rings. The molecule has 0 aromatic carbocycles. The van der Waals surface area contributed by atoms with E-state index in [-0.39, 0.29) is 12.1 Å². The summed E-state index contributed by atoms with van der Waals surface area (Å²) in [5.74, 6) is 0. The van der Waals surface area contributed by atoms with Crippen LogP contribution in [0, 0.1) is 0 Å². The topological polar surface area (TPSA) is 61.7 Å². The minimum absolute atomic E-state index is 0.162. The van der Waals surface area contributed by atoms with Gasteiger partial charge in [0.2, 0.25) is 0 Å². The third kappa shape index (κ3) is 5.49. The van der Waals surface area contributed by atoms with E-state index < -0.39 is 6.10 Å². The molecule has 0 aliphatic heterocycles. The Kier molecular flexibility index (Phi) is 5.41. The van der Waals surface area contributed by atoms with Gasteiger partial charge in [0.1, 0.15) is 0 Å². The zero-order valence-electron chi connectivity index (χ0n) is 8.00. The summed E-state index contributed by atoms with van der Waals surface area (Å²) in [5, 5.41) is 20.7. The van der Waals surface area contributed by atoms with E-state index in [1.54, 1.807) is 7.11 Å². The fraction of sp³-hybridized carbons (Fsp3) is 1.00. The van der Waals surface area contributed by atoms with Gasteiger partial charge in [-0.1, -0.05) is 0 Å². The lowest BCUT2D eigenvalue weighted by Gasteiger charge is -2.26. The molecule has 12 heavy (non-hydrogen) atoms. The van der Waals surface area contributed by atoms with Crippen LogP contribution in [0.3, 0.4) is 0 Å². The number of hydrogen-bond acceptors (Lipinski definition) is 4. The molecule has 1 unspecified atom stereocenters. The number of rotatable bonds is 6. The molecule has 0 heterocycles. The van der Waals surface area contributed by atoms with Crippen molar-refractivity contribution in [1.82, 2.24) is 5.32 Å². The largest absolute Gasteiger partial charge is 0.394 e. The van der Waals surface area contributed by atoms with Crippen LogP contribution in [0.5, 0.6) is 0 Å². The van der Waals surface area contributed by atoms with Gasteiger partial charge in [-0.25, -0.2) is 0 Å². The van der Waals surface area contributed by atoms with Gasteiger partial charge >= 0.3 is 0 Å². The van der Waals surface area contributed by atoms with E-state index in [0.717, 1.165) is 0 Å². The van der Waals surface area contributed by atoms with Gasteiger partial charge in [0.15, 0.2) is 0 Å². The second-order valence-electron chi connectivity index (χ2n) is 3.53. The number of ether oxygens (including phenoxy) is 1. The number of nitrogens with one attached hydrogen (secondary N) is 1. The van der Waals surface area contributed by atoms with Gasteiger partial charge in [-0.15, -0.1) is 0 Å².